The second-order valence-corrected chi connectivity index (χ2v) is 10.1. The molecule has 2 N–H and O–H groups in total. The minimum absolute atomic E-state index is 0. The SMILES string of the molecule is CCNC(=NCC(C(C)C)N1CCN(C)CC1)NC(C)CCS(C)(=O)=O.I. The van der Waals surface area contributed by atoms with Gasteiger partial charge in [0.25, 0.3) is 0 Å². The van der Waals surface area contributed by atoms with Crippen molar-refractivity contribution in [1.82, 2.24) is 20.4 Å². The number of nitrogens with zero attached hydrogens (tertiary/aromatic N) is 3. The number of guanidine groups is 1. The first-order valence-electron chi connectivity index (χ1n) is 9.77. The number of likely N-dealkylation sites (N-methyl/N-ethyl adjacent to an activating group) is 1. The van der Waals surface area contributed by atoms with Crippen molar-refractivity contribution in [3.63, 3.8) is 0 Å². The molecule has 0 bridgehead atoms. The van der Waals surface area contributed by atoms with Crippen LogP contribution >= 0.6 is 24.0 Å². The van der Waals surface area contributed by atoms with Crippen molar-refractivity contribution in [3.8, 4) is 0 Å². The number of sulfone groups is 1. The monoisotopic (exact) mass is 517 g/mol. The topological polar surface area (TPSA) is 77.0 Å². The van der Waals surface area contributed by atoms with Crippen molar-refractivity contribution in [3.05, 3.63) is 0 Å². The summed E-state index contributed by atoms with van der Waals surface area (Å²) in [5.41, 5.74) is 0. The Labute approximate surface area is 183 Å². The summed E-state index contributed by atoms with van der Waals surface area (Å²) in [4.78, 5) is 9.72. The van der Waals surface area contributed by atoms with Crippen LogP contribution in [0.3, 0.4) is 0 Å². The number of halogens is 1. The molecule has 0 saturated carbocycles. The van der Waals surface area contributed by atoms with E-state index in [1.165, 1.54) is 6.26 Å². The van der Waals surface area contributed by atoms with Gasteiger partial charge in [-0.15, -0.1) is 24.0 Å². The van der Waals surface area contributed by atoms with Crippen LogP contribution in [0.2, 0.25) is 0 Å². The third-order valence-corrected chi connectivity index (χ3v) is 5.84. The molecule has 1 aliphatic heterocycles. The van der Waals surface area contributed by atoms with Crippen LogP contribution in [0.4, 0.5) is 0 Å². The van der Waals surface area contributed by atoms with Gasteiger partial charge < -0.3 is 15.5 Å². The highest BCUT2D eigenvalue weighted by atomic mass is 127. The number of hydrogen-bond donors (Lipinski definition) is 2. The van der Waals surface area contributed by atoms with Gasteiger partial charge in [0.2, 0.25) is 0 Å². The van der Waals surface area contributed by atoms with E-state index in [4.69, 9.17) is 4.99 Å². The Kier molecular flexibility index (Phi) is 13.1. The average molecular weight is 518 g/mol. The number of hydrogen-bond acceptors (Lipinski definition) is 5. The molecule has 0 aromatic carbocycles. The molecular weight excluding hydrogens is 477 g/mol. The first-order chi connectivity index (χ1) is 12.1. The Morgan fingerprint density at radius 1 is 1.15 bits per heavy atom. The summed E-state index contributed by atoms with van der Waals surface area (Å²) in [5, 5.41) is 6.62. The van der Waals surface area contributed by atoms with Gasteiger partial charge in [-0.1, -0.05) is 13.8 Å². The van der Waals surface area contributed by atoms with E-state index in [1.807, 2.05) is 13.8 Å². The van der Waals surface area contributed by atoms with Gasteiger partial charge in [0.15, 0.2) is 5.96 Å². The van der Waals surface area contributed by atoms with Crippen molar-refractivity contribution in [2.24, 2.45) is 10.9 Å². The summed E-state index contributed by atoms with van der Waals surface area (Å²) in [6, 6.07) is 0.481. The fraction of sp³-hybridized carbons (Fsp3) is 0.944. The molecule has 162 valence electrons. The molecule has 27 heavy (non-hydrogen) atoms. The molecule has 2 unspecified atom stereocenters. The predicted octanol–water partition coefficient (Wildman–Crippen LogP) is 1.25. The van der Waals surface area contributed by atoms with Gasteiger partial charge in [0.05, 0.1) is 12.3 Å². The van der Waals surface area contributed by atoms with Crippen LogP contribution in [-0.2, 0) is 9.84 Å². The van der Waals surface area contributed by atoms with Gasteiger partial charge in [-0.2, -0.15) is 0 Å². The molecule has 1 fully saturated rings. The number of nitrogens with one attached hydrogen (secondary N) is 2. The molecule has 1 saturated heterocycles. The maximum absolute atomic E-state index is 11.4. The lowest BCUT2D eigenvalue weighted by molar-refractivity contribution is 0.0925. The van der Waals surface area contributed by atoms with E-state index < -0.39 is 9.84 Å². The summed E-state index contributed by atoms with van der Waals surface area (Å²) >= 11 is 0. The smallest absolute Gasteiger partial charge is 0.191 e. The second kappa shape index (κ2) is 13.2. The van der Waals surface area contributed by atoms with Crippen molar-refractivity contribution >= 4 is 39.8 Å². The zero-order valence-corrected chi connectivity index (χ0v) is 21.0. The molecule has 7 nitrogen and oxygen atoms in total. The summed E-state index contributed by atoms with van der Waals surface area (Å²) in [6.45, 7) is 14.5. The molecule has 1 rings (SSSR count). The molecule has 0 aromatic rings. The lowest BCUT2D eigenvalue weighted by Gasteiger charge is -2.39. The first-order valence-corrected chi connectivity index (χ1v) is 11.8. The Morgan fingerprint density at radius 2 is 1.74 bits per heavy atom. The van der Waals surface area contributed by atoms with Gasteiger partial charge in [0, 0.05) is 51.1 Å². The highest BCUT2D eigenvalue weighted by Crippen LogP contribution is 2.14. The summed E-state index contributed by atoms with van der Waals surface area (Å²) in [5.74, 6) is 1.50. The molecule has 0 radical (unpaired) electrons. The van der Waals surface area contributed by atoms with Crippen LogP contribution in [0.15, 0.2) is 4.99 Å². The van der Waals surface area contributed by atoms with E-state index in [0.29, 0.717) is 18.4 Å². The van der Waals surface area contributed by atoms with Crippen molar-refractivity contribution in [2.75, 3.05) is 58.3 Å². The van der Waals surface area contributed by atoms with Crippen LogP contribution < -0.4 is 10.6 Å². The fourth-order valence-corrected chi connectivity index (χ4v) is 3.88. The normalized spacial score (nSPS) is 19.4. The van der Waals surface area contributed by atoms with E-state index in [-0.39, 0.29) is 35.8 Å². The molecule has 1 heterocycles. The standard InChI is InChI=1S/C18H39N5O2S.HI/c1-7-19-18(21-16(4)8-13-26(6,24)25)20-14-17(15(2)3)23-11-9-22(5)10-12-23;/h15-17H,7-14H2,1-6H3,(H2,19,20,21);1H. The van der Waals surface area contributed by atoms with Crippen LogP contribution in [0.25, 0.3) is 0 Å². The van der Waals surface area contributed by atoms with E-state index in [9.17, 15) is 8.42 Å². The first kappa shape index (κ1) is 26.9. The lowest BCUT2D eigenvalue weighted by Crippen LogP contribution is -2.52. The molecule has 1 aliphatic rings. The van der Waals surface area contributed by atoms with Crippen LogP contribution in [-0.4, -0.2) is 94.6 Å². The van der Waals surface area contributed by atoms with E-state index in [2.05, 4.69) is 41.3 Å². The van der Waals surface area contributed by atoms with E-state index in [1.54, 1.807) is 0 Å². The van der Waals surface area contributed by atoms with Gasteiger partial charge in [-0.25, -0.2) is 8.42 Å². The Morgan fingerprint density at radius 3 is 2.22 bits per heavy atom. The largest absolute Gasteiger partial charge is 0.357 e. The number of rotatable bonds is 9. The van der Waals surface area contributed by atoms with Gasteiger partial charge in [0.1, 0.15) is 9.84 Å². The second-order valence-electron chi connectivity index (χ2n) is 7.83. The summed E-state index contributed by atoms with van der Waals surface area (Å²) in [6.07, 6.45) is 1.86. The van der Waals surface area contributed by atoms with Crippen molar-refractivity contribution in [2.45, 2.75) is 46.2 Å². The third kappa shape index (κ3) is 11.5. The zero-order chi connectivity index (χ0) is 19.7. The van der Waals surface area contributed by atoms with Gasteiger partial charge >= 0.3 is 0 Å². The average Bonchev–Trinajstić information content (AvgIpc) is 2.54. The number of aliphatic imine (C=N–C) groups is 1. The number of piperazine rings is 1. The Bertz CT molecular complexity index is 534. The maximum Gasteiger partial charge on any atom is 0.191 e. The van der Waals surface area contributed by atoms with Crippen LogP contribution in [0, 0.1) is 5.92 Å². The molecule has 0 aliphatic carbocycles. The van der Waals surface area contributed by atoms with Gasteiger partial charge in [-0.3, -0.25) is 9.89 Å². The quantitative estimate of drug-likeness (QED) is 0.273. The maximum atomic E-state index is 11.4. The van der Waals surface area contributed by atoms with Crippen LogP contribution in [0.5, 0.6) is 0 Å². The highest BCUT2D eigenvalue weighted by molar-refractivity contribution is 14.0. The Balaban J connectivity index is 0.00000676. The molecular formula is C18H40IN5O2S. The van der Waals surface area contributed by atoms with Gasteiger partial charge in [-0.05, 0) is 33.2 Å². The van der Waals surface area contributed by atoms with E-state index >= 15 is 0 Å². The highest BCUT2D eigenvalue weighted by Gasteiger charge is 2.24. The summed E-state index contributed by atoms with van der Waals surface area (Å²) < 4.78 is 22.7. The molecule has 0 amide bonds. The zero-order valence-electron chi connectivity index (χ0n) is 17.9. The summed E-state index contributed by atoms with van der Waals surface area (Å²) in [7, 11) is -0.763. The minimum Gasteiger partial charge on any atom is -0.357 e. The minimum atomic E-state index is -2.93. The van der Waals surface area contributed by atoms with Crippen molar-refractivity contribution in [1.29, 1.82) is 0 Å². The van der Waals surface area contributed by atoms with Crippen molar-refractivity contribution < 1.29 is 8.42 Å². The molecule has 9 heteroatoms. The predicted molar refractivity (Wildman–Crippen MR) is 126 cm³/mol. The Hall–Kier alpha value is -0.130. The molecule has 0 aromatic heterocycles. The van der Waals surface area contributed by atoms with E-state index in [0.717, 1.165) is 45.2 Å². The van der Waals surface area contributed by atoms with Crippen LogP contribution in [0.1, 0.15) is 34.1 Å². The third-order valence-electron chi connectivity index (χ3n) is 4.86. The fourth-order valence-electron chi connectivity index (χ4n) is 3.10. The molecule has 2 atom stereocenters. The lowest BCUT2D eigenvalue weighted by atomic mass is 10.0. The molecule has 0 spiro atoms.